The van der Waals surface area contributed by atoms with Crippen molar-refractivity contribution in [3.8, 4) is 5.75 Å². The highest BCUT2D eigenvalue weighted by atomic mass is 16.3. The highest BCUT2D eigenvalue weighted by Gasteiger charge is 1.91. The highest BCUT2D eigenvalue weighted by molar-refractivity contribution is 5.26. The molecule has 0 aliphatic carbocycles. The van der Waals surface area contributed by atoms with E-state index in [-0.39, 0.29) is 0 Å². The van der Waals surface area contributed by atoms with Gasteiger partial charge in [-0.25, -0.2) is 0 Å². The first kappa shape index (κ1) is 8.81. The van der Waals surface area contributed by atoms with E-state index in [0.717, 1.165) is 18.7 Å². The summed E-state index contributed by atoms with van der Waals surface area (Å²) in [5.74, 6) is 0.313. The molecular weight excluding hydrogens is 150 g/mol. The minimum Gasteiger partial charge on any atom is -0.508 e. The molecule has 0 radical (unpaired) electrons. The zero-order valence-electron chi connectivity index (χ0n) is 6.96. The molecule has 2 N–H and O–H groups in total. The lowest BCUT2D eigenvalue weighted by molar-refractivity contribution is 0.474. The quantitative estimate of drug-likeness (QED) is 0.522. The molecule has 0 atom stereocenters. The predicted molar refractivity (Wildman–Crippen MR) is 50.0 cm³/mol. The Morgan fingerprint density at radius 3 is 3.00 bits per heavy atom. The van der Waals surface area contributed by atoms with Crippen molar-refractivity contribution in [2.24, 2.45) is 0 Å². The molecule has 2 heteroatoms. The Morgan fingerprint density at radius 1 is 1.50 bits per heavy atom. The standard InChI is InChI=1S/C10H13NO/c1-2-6-11-8-9-4-3-5-10(12)7-9/h2-5,7,11-12H,1,6,8H2. The van der Waals surface area contributed by atoms with E-state index in [4.69, 9.17) is 5.11 Å². The van der Waals surface area contributed by atoms with Gasteiger partial charge in [0.2, 0.25) is 0 Å². The second-order valence-corrected chi connectivity index (χ2v) is 2.59. The Balaban J connectivity index is 2.46. The lowest BCUT2D eigenvalue weighted by atomic mass is 10.2. The second-order valence-electron chi connectivity index (χ2n) is 2.59. The van der Waals surface area contributed by atoms with Crippen LogP contribution in [0.3, 0.4) is 0 Å². The summed E-state index contributed by atoms with van der Waals surface area (Å²) in [4.78, 5) is 0. The summed E-state index contributed by atoms with van der Waals surface area (Å²) in [7, 11) is 0. The topological polar surface area (TPSA) is 32.3 Å². The zero-order valence-corrected chi connectivity index (χ0v) is 6.96. The summed E-state index contributed by atoms with van der Waals surface area (Å²) in [5.41, 5.74) is 1.08. The van der Waals surface area contributed by atoms with Gasteiger partial charge in [-0.15, -0.1) is 6.58 Å². The van der Waals surface area contributed by atoms with Gasteiger partial charge in [0.25, 0.3) is 0 Å². The molecule has 0 unspecified atom stereocenters. The van der Waals surface area contributed by atoms with Gasteiger partial charge in [-0.3, -0.25) is 0 Å². The van der Waals surface area contributed by atoms with Crippen LogP contribution >= 0.6 is 0 Å². The molecule has 0 fully saturated rings. The van der Waals surface area contributed by atoms with Crippen molar-refractivity contribution in [2.45, 2.75) is 6.54 Å². The number of hydrogen-bond acceptors (Lipinski definition) is 2. The Hall–Kier alpha value is -1.28. The van der Waals surface area contributed by atoms with Crippen LogP contribution in [0.15, 0.2) is 36.9 Å². The minimum atomic E-state index is 0.313. The molecule has 1 aromatic carbocycles. The monoisotopic (exact) mass is 163 g/mol. The van der Waals surface area contributed by atoms with Crippen LogP contribution in [0.4, 0.5) is 0 Å². The van der Waals surface area contributed by atoms with Gasteiger partial charge in [0.15, 0.2) is 0 Å². The second kappa shape index (κ2) is 4.57. The third-order valence-electron chi connectivity index (χ3n) is 1.53. The fourth-order valence-corrected chi connectivity index (χ4v) is 0.985. The largest absolute Gasteiger partial charge is 0.508 e. The van der Waals surface area contributed by atoms with Gasteiger partial charge in [-0.05, 0) is 17.7 Å². The Morgan fingerprint density at radius 2 is 2.33 bits per heavy atom. The number of phenolic OH excluding ortho intramolecular Hbond substituents is 1. The number of phenols is 1. The van der Waals surface area contributed by atoms with Gasteiger partial charge < -0.3 is 10.4 Å². The molecule has 0 amide bonds. The van der Waals surface area contributed by atoms with Crippen LogP contribution in [0.25, 0.3) is 0 Å². The zero-order chi connectivity index (χ0) is 8.81. The fourth-order valence-electron chi connectivity index (χ4n) is 0.985. The van der Waals surface area contributed by atoms with Crippen molar-refractivity contribution < 1.29 is 5.11 Å². The average Bonchev–Trinajstić information content (AvgIpc) is 2.05. The van der Waals surface area contributed by atoms with E-state index < -0.39 is 0 Å². The van der Waals surface area contributed by atoms with Crippen LogP contribution in [0, 0.1) is 0 Å². The number of nitrogens with one attached hydrogen (secondary N) is 1. The molecule has 0 spiro atoms. The Kier molecular flexibility index (Phi) is 3.35. The molecule has 0 saturated heterocycles. The summed E-state index contributed by atoms with van der Waals surface area (Å²) in [5, 5.41) is 12.3. The summed E-state index contributed by atoms with van der Waals surface area (Å²) >= 11 is 0. The van der Waals surface area contributed by atoms with E-state index in [9.17, 15) is 0 Å². The predicted octanol–water partition coefficient (Wildman–Crippen LogP) is 1.67. The molecule has 0 aromatic heterocycles. The van der Waals surface area contributed by atoms with Crippen LogP contribution in [0.5, 0.6) is 5.75 Å². The third-order valence-corrected chi connectivity index (χ3v) is 1.53. The first-order valence-electron chi connectivity index (χ1n) is 3.92. The van der Waals surface area contributed by atoms with Crippen molar-refractivity contribution in [2.75, 3.05) is 6.54 Å². The molecule has 0 saturated carbocycles. The number of hydrogen-bond donors (Lipinski definition) is 2. The molecule has 0 heterocycles. The van der Waals surface area contributed by atoms with E-state index >= 15 is 0 Å². The van der Waals surface area contributed by atoms with Crippen LogP contribution < -0.4 is 5.32 Å². The van der Waals surface area contributed by atoms with Crippen LogP contribution in [0.2, 0.25) is 0 Å². The molecule has 0 aliphatic heterocycles. The first-order chi connectivity index (χ1) is 5.83. The van der Waals surface area contributed by atoms with Crippen LogP contribution in [0.1, 0.15) is 5.56 Å². The van der Waals surface area contributed by atoms with E-state index in [1.807, 2.05) is 18.2 Å². The van der Waals surface area contributed by atoms with E-state index in [1.165, 1.54) is 0 Å². The normalized spacial score (nSPS) is 9.67. The van der Waals surface area contributed by atoms with Crippen molar-refractivity contribution in [1.29, 1.82) is 0 Å². The molecule has 12 heavy (non-hydrogen) atoms. The molecule has 2 nitrogen and oxygen atoms in total. The van der Waals surface area contributed by atoms with Gasteiger partial charge in [0.05, 0.1) is 0 Å². The number of rotatable bonds is 4. The molecule has 1 rings (SSSR count). The number of aromatic hydroxyl groups is 1. The Labute approximate surface area is 72.5 Å². The van der Waals surface area contributed by atoms with E-state index in [0.29, 0.717) is 5.75 Å². The maximum absolute atomic E-state index is 9.12. The van der Waals surface area contributed by atoms with Crippen LogP contribution in [-0.4, -0.2) is 11.7 Å². The lowest BCUT2D eigenvalue weighted by Gasteiger charge is -2.01. The fraction of sp³-hybridized carbons (Fsp3) is 0.200. The third kappa shape index (κ3) is 2.76. The van der Waals surface area contributed by atoms with Gasteiger partial charge in [-0.1, -0.05) is 18.2 Å². The summed E-state index contributed by atoms with van der Waals surface area (Å²) in [6.45, 7) is 5.15. The summed E-state index contributed by atoms with van der Waals surface area (Å²) in [6, 6.07) is 7.21. The lowest BCUT2D eigenvalue weighted by Crippen LogP contribution is -2.12. The van der Waals surface area contributed by atoms with Crippen LogP contribution in [-0.2, 0) is 6.54 Å². The highest BCUT2D eigenvalue weighted by Crippen LogP contribution is 2.09. The van der Waals surface area contributed by atoms with Crippen molar-refractivity contribution >= 4 is 0 Å². The summed E-state index contributed by atoms with van der Waals surface area (Å²) < 4.78 is 0. The van der Waals surface area contributed by atoms with Crippen molar-refractivity contribution in [3.63, 3.8) is 0 Å². The van der Waals surface area contributed by atoms with Crippen molar-refractivity contribution in [3.05, 3.63) is 42.5 Å². The Bertz CT molecular complexity index is 258. The minimum absolute atomic E-state index is 0.313. The van der Waals surface area contributed by atoms with Crippen molar-refractivity contribution in [1.82, 2.24) is 5.32 Å². The maximum atomic E-state index is 9.12. The number of benzene rings is 1. The average molecular weight is 163 g/mol. The molecule has 64 valence electrons. The van der Waals surface area contributed by atoms with E-state index in [2.05, 4.69) is 11.9 Å². The smallest absolute Gasteiger partial charge is 0.115 e. The van der Waals surface area contributed by atoms with Gasteiger partial charge in [0.1, 0.15) is 5.75 Å². The SMILES string of the molecule is C=CCNCc1cccc(O)c1. The van der Waals surface area contributed by atoms with Gasteiger partial charge >= 0.3 is 0 Å². The molecule has 0 bridgehead atoms. The summed E-state index contributed by atoms with van der Waals surface area (Å²) in [6.07, 6.45) is 1.81. The molecular formula is C10H13NO. The molecule has 1 aromatic rings. The van der Waals surface area contributed by atoms with Gasteiger partial charge in [0, 0.05) is 13.1 Å². The molecule has 0 aliphatic rings. The van der Waals surface area contributed by atoms with E-state index in [1.54, 1.807) is 12.1 Å². The maximum Gasteiger partial charge on any atom is 0.115 e. The first-order valence-corrected chi connectivity index (χ1v) is 3.92. The van der Waals surface area contributed by atoms with Gasteiger partial charge in [-0.2, -0.15) is 0 Å².